The van der Waals surface area contributed by atoms with E-state index in [1.807, 2.05) is 24.3 Å². The van der Waals surface area contributed by atoms with Crippen LogP contribution in [-0.2, 0) is 0 Å². The molecule has 0 aliphatic rings. The lowest BCUT2D eigenvalue weighted by molar-refractivity contribution is 0.519. The van der Waals surface area contributed by atoms with E-state index in [-0.39, 0.29) is 0 Å². The molecule has 1 aromatic rings. The summed E-state index contributed by atoms with van der Waals surface area (Å²) < 4.78 is 5.16. The highest BCUT2D eigenvalue weighted by Gasteiger charge is 1.98. The van der Waals surface area contributed by atoms with Gasteiger partial charge in [-0.3, -0.25) is 0 Å². The van der Waals surface area contributed by atoms with Crippen molar-refractivity contribution >= 4 is 0 Å². The summed E-state index contributed by atoms with van der Waals surface area (Å²) in [4.78, 5) is 0. The van der Waals surface area contributed by atoms with Crippen LogP contribution in [0.2, 0.25) is 0 Å². The number of rotatable bonds is 2. The summed E-state index contributed by atoms with van der Waals surface area (Å²) >= 11 is 0. The van der Waals surface area contributed by atoms with Gasteiger partial charge in [0.1, 0.15) is 11.9 Å². The smallest absolute Gasteiger partial charge is 0.140 e. The molecule has 0 aliphatic carbocycles. The molecule has 0 atom stereocenters. The van der Waals surface area contributed by atoms with Gasteiger partial charge >= 0.3 is 0 Å². The molecule has 0 heterocycles. The summed E-state index contributed by atoms with van der Waals surface area (Å²) in [6.07, 6.45) is 7.40. The topological polar surface area (TPSA) is 9.23 Å². The molecule has 0 unspecified atom stereocenters. The van der Waals surface area contributed by atoms with E-state index < -0.39 is 0 Å². The molecule has 0 aromatic heterocycles. The van der Waals surface area contributed by atoms with E-state index in [4.69, 9.17) is 11.2 Å². The molecule has 0 saturated heterocycles. The second-order valence-corrected chi connectivity index (χ2v) is 3.45. The lowest BCUT2D eigenvalue weighted by Gasteiger charge is -2.04. The van der Waals surface area contributed by atoms with Crippen LogP contribution in [-0.4, -0.2) is 0 Å². The summed E-state index contributed by atoms with van der Waals surface area (Å²) in [5.74, 6) is 10.7. The number of hydrogen-bond acceptors (Lipinski definition) is 1. The minimum Gasteiger partial charge on any atom is -0.407 e. The largest absolute Gasteiger partial charge is 0.407 e. The summed E-state index contributed by atoms with van der Waals surface area (Å²) in [5, 5.41) is 0. The normalized spacial score (nSPS) is 8.12. The van der Waals surface area contributed by atoms with Crippen molar-refractivity contribution in [1.29, 1.82) is 0 Å². The van der Waals surface area contributed by atoms with Crippen LogP contribution in [0.3, 0.4) is 0 Å². The molecule has 0 amide bonds. The van der Waals surface area contributed by atoms with Crippen LogP contribution < -0.4 is 4.74 Å². The van der Waals surface area contributed by atoms with Crippen LogP contribution in [0.15, 0.2) is 24.3 Å². The van der Waals surface area contributed by atoms with E-state index in [0.29, 0.717) is 11.7 Å². The molecule has 78 valence electrons. The second-order valence-electron chi connectivity index (χ2n) is 3.45. The molecule has 0 fully saturated rings. The SMILES string of the molecule is C#CC#CC#COc1ccc(C(C)C)cc1. The van der Waals surface area contributed by atoms with Crippen molar-refractivity contribution < 1.29 is 4.74 Å². The van der Waals surface area contributed by atoms with E-state index in [0.717, 1.165) is 0 Å². The van der Waals surface area contributed by atoms with Gasteiger partial charge in [-0.1, -0.05) is 26.0 Å². The molecule has 0 radical (unpaired) electrons. The Bertz CT molecular complexity index is 493. The minimum absolute atomic E-state index is 0.515. The van der Waals surface area contributed by atoms with Gasteiger partial charge in [0.2, 0.25) is 0 Å². The van der Waals surface area contributed by atoms with Crippen LogP contribution in [0.4, 0.5) is 0 Å². The first kappa shape index (κ1) is 11.8. The maximum absolute atomic E-state index is 5.16. The summed E-state index contributed by atoms with van der Waals surface area (Å²) in [7, 11) is 0. The Balaban J connectivity index is 2.62. The molecule has 0 aliphatic heterocycles. The van der Waals surface area contributed by atoms with Crippen LogP contribution in [0.25, 0.3) is 0 Å². The first-order valence-corrected chi connectivity index (χ1v) is 4.96. The first-order valence-electron chi connectivity index (χ1n) is 4.96. The molecule has 1 nitrogen and oxygen atoms in total. The standard InChI is InChI=1S/C15H12O/c1-4-5-6-7-12-16-15-10-8-14(9-11-15)13(2)3/h1,8-11,13H,2-3H3. The van der Waals surface area contributed by atoms with Crippen molar-refractivity contribution in [2.45, 2.75) is 19.8 Å². The molecular weight excluding hydrogens is 196 g/mol. The molecule has 1 rings (SSSR count). The molecular formula is C15H12O. The molecule has 0 N–H and O–H groups in total. The number of hydrogen-bond donors (Lipinski definition) is 0. The molecule has 1 aromatic carbocycles. The molecule has 0 spiro atoms. The Kier molecular flexibility index (Phi) is 4.59. The van der Waals surface area contributed by atoms with Crippen molar-refractivity contribution in [2.24, 2.45) is 0 Å². The van der Waals surface area contributed by atoms with Gasteiger partial charge in [-0.15, -0.1) is 6.42 Å². The molecule has 0 bridgehead atoms. The van der Waals surface area contributed by atoms with Crippen LogP contribution >= 0.6 is 0 Å². The number of ether oxygens (including phenoxy) is 1. The fraction of sp³-hybridized carbons (Fsp3) is 0.200. The third kappa shape index (κ3) is 3.83. The van der Waals surface area contributed by atoms with Crippen LogP contribution in [0.5, 0.6) is 5.75 Å². The Labute approximate surface area is 96.8 Å². The van der Waals surface area contributed by atoms with Crippen molar-refractivity contribution in [3.05, 3.63) is 29.8 Å². The summed E-state index contributed by atoms with van der Waals surface area (Å²) in [6.45, 7) is 4.29. The van der Waals surface area contributed by atoms with Gasteiger partial charge in [-0.2, -0.15) is 0 Å². The maximum Gasteiger partial charge on any atom is 0.140 e. The fourth-order valence-corrected chi connectivity index (χ4v) is 1.10. The highest BCUT2D eigenvalue weighted by atomic mass is 16.5. The van der Waals surface area contributed by atoms with Gasteiger partial charge in [0, 0.05) is 11.8 Å². The average molecular weight is 208 g/mol. The zero-order chi connectivity index (χ0) is 11.8. The highest BCUT2D eigenvalue weighted by molar-refractivity contribution is 5.34. The van der Waals surface area contributed by atoms with E-state index in [1.54, 1.807) is 0 Å². The Hall–Kier alpha value is -2.30. The fourth-order valence-electron chi connectivity index (χ4n) is 1.10. The van der Waals surface area contributed by atoms with E-state index in [2.05, 4.69) is 43.6 Å². The zero-order valence-corrected chi connectivity index (χ0v) is 9.37. The maximum atomic E-state index is 5.16. The van der Waals surface area contributed by atoms with Gasteiger partial charge in [0.15, 0.2) is 0 Å². The predicted molar refractivity (Wildman–Crippen MR) is 65.5 cm³/mol. The quantitative estimate of drug-likeness (QED) is 0.679. The summed E-state index contributed by atoms with van der Waals surface area (Å²) in [6, 6.07) is 7.82. The van der Waals surface area contributed by atoms with Crippen molar-refractivity contribution in [1.82, 2.24) is 0 Å². The predicted octanol–water partition coefficient (Wildman–Crippen LogP) is 2.79. The monoisotopic (exact) mass is 208 g/mol. The molecule has 0 saturated carbocycles. The van der Waals surface area contributed by atoms with Crippen molar-refractivity contribution in [3.63, 3.8) is 0 Å². The Morgan fingerprint density at radius 1 is 1.06 bits per heavy atom. The van der Waals surface area contributed by atoms with Crippen molar-refractivity contribution in [2.75, 3.05) is 0 Å². The zero-order valence-electron chi connectivity index (χ0n) is 9.37. The lowest BCUT2D eigenvalue weighted by Crippen LogP contribution is -1.87. The summed E-state index contributed by atoms with van der Waals surface area (Å²) in [5.41, 5.74) is 1.27. The number of benzene rings is 1. The van der Waals surface area contributed by atoms with E-state index in [9.17, 15) is 0 Å². The second kappa shape index (κ2) is 6.23. The Morgan fingerprint density at radius 2 is 1.75 bits per heavy atom. The third-order valence-electron chi connectivity index (χ3n) is 1.96. The number of terminal acetylenes is 1. The van der Waals surface area contributed by atoms with E-state index in [1.165, 1.54) is 5.56 Å². The average Bonchev–Trinajstić information content (AvgIpc) is 2.29. The lowest BCUT2D eigenvalue weighted by atomic mass is 10.0. The minimum atomic E-state index is 0.515. The third-order valence-corrected chi connectivity index (χ3v) is 1.96. The highest BCUT2D eigenvalue weighted by Crippen LogP contribution is 2.18. The van der Waals surface area contributed by atoms with Crippen LogP contribution in [0.1, 0.15) is 25.3 Å². The van der Waals surface area contributed by atoms with Gasteiger partial charge < -0.3 is 4.74 Å². The van der Waals surface area contributed by atoms with Gasteiger partial charge in [0.25, 0.3) is 0 Å². The molecule has 1 heteroatoms. The first-order chi connectivity index (χ1) is 7.74. The van der Waals surface area contributed by atoms with Gasteiger partial charge in [-0.25, -0.2) is 0 Å². The molecule has 16 heavy (non-hydrogen) atoms. The van der Waals surface area contributed by atoms with Crippen LogP contribution in [0, 0.1) is 36.2 Å². The van der Waals surface area contributed by atoms with Gasteiger partial charge in [-0.05, 0) is 35.5 Å². The Morgan fingerprint density at radius 3 is 2.31 bits per heavy atom. The van der Waals surface area contributed by atoms with Crippen molar-refractivity contribution in [3.8, 4) is 42.0 Å². The van der Waals surface area contributed by atoms with E-state index >= 15 is 0 Å². The van der Waals surface area contributed by atoms with Gasteiger partial charge in [0.05, 0.1) is 0 Å².